The minimum Gasteiger partial charge on any atom is -0.374 e. The van der Waals surface area contributed by atoms with Crippen LogP contribution in [0.5, 0.6) is 0 Å². The van der Waals surface area contributed by atoms with Gasteiger partial charge in [0.1, 0.15) is 29.0 Å². The lowest BCUT2D eigenvalue weighted by molar-refractivity contribution is -0.191. The quantitative estimate of drug-likeness (QED) is 0.457. The van der Waals surface area contributed by atoms with Gasteiger partial charge in [0.05, 0.1) is 24.7 Å². The van der Waals surface area contributed by atoms with Crippen LogP contribution in [-0.4, -0.2) is 53.6 Å². The number of nitrogens with two attached hydrogens (primary N) is 1. The van der Waals surface area contributed by atoms with Gasteiger partial charge in [-0.2, -0.15) is 9.59 Å². The van der Waals surface area contributed by atoms with Gasteiger partial charge in [-0.15, -0.1) is 0 Å². The summed E-state index contributed by atoms with van der Waals surface area (Å²) in [7, 11) is 0. The van der Waals surface area contributed by atoms with Crippen molar-refractivity contribution in [2.24, 2.45) is 10.3 Å². The van der Waals surface area contributed by atoms with Crippen LogP contribution in [0.1, 0.15) is 18.5 Å². The third kappa shape index (κ3) is 6.33. The van der Waals surface area contributed by atoms with Crippen molar-refractivity contribution in [3.63, 3.8) is 0 Å². The number of halogens is 7. The second-order valence-corrected chi connectivity index (χ2v) is 7.93. The maximum absolute atomic E-state index is 14.3. The molecule has 0 aliphatic carbocycles. The van der Waals surface area contributed by atoms with Crippen molar-refractivity contribution in [1.29, 1.82) is 0 Å². The SMILES string of the molecule is CSN.Fc1cnc(C2(C(F)F)CC(N3CCC(F)(F)C3)=NO2)c(-c2c(F)cccc2F)c1.O=C=O. The highest BCUT2D eigenvalue weighted by molar-refractivity contribution is 7.96. The van der Waals surface area contributed by atoms with Crippen LogP contribution in [0.2, 0.25) is 0 Å². The Morgan fingerprint density at radius 2 is 1.78 bits per heavy atom. The lowest BCUT2D eigenvalue weighted by Crippen LogP contribution is -2.39. The fraction of sp³-hybridized carbons (Fsp3) is 0.381. The van der Waals surface area contributed by atoms with E-state index in [0.29, 0.717) is 12.3 Å². The van der Waals surface area contributed by atoms with E-state index >= 15 is 0 Å². The number of amidine groups is 1. The maximum Gasteiger partial charge on any atom is 0.373 e. The first-order chi connectivity index (χ1) is 17.0. The summed E-state index contributed by atoms with van der Waals surface area (Å²) in [6.07, 6.45) is -1.79. The zero-order chi connectivity index (χ0) is 27.1. The molecule has 3 heterocycles. The van der Waals surface area contributed by atoms with E-state index < -0.39 is 71.6 Å². The van der Waals surface area contributed by atoms with Crippen molar-refractivity contribution in [1.82, 2.24) is 9.88 Å². The Balaban J connectivity index is 0.000000693. The highest BCUT2D eigenvalue weighted by Gasteiger charge is 2.55. The summed E-state index contributed by atoms with van der Waals surface area (Å²) in [5, 5.41) is 8.31. The monoisotopic (exact) mass is 540 g/mol. The van der Waals surface area contributed by atoms with Gasteiger partial charge < -0.3 is 9.74 Å². The van der Waals surface area contributed by atoms with E-state index in [1.54, 1.807) is 0 Å². The number of benzene rings is 1. The number of oxime groups is 1. The molecule has 0 amide bonds. The summed E-state index contributed by atoms with van der Waals surface area (Å²) in [5.74, 6) is -6.43. The largest absolute Gasteiger partial charge is 0.374 e. The summed E-state index contributed by atoms with van der Waals surface area (Å²) in [5.41, 5.74) is -4.60. The van der Waals surface area contributed by atoms with Crippen molar-refractivity contribution in [3.05, 3.63) is 53.6 Å². The number of alkyl halides is 4. The number of likely N-dealkylation sites (tertiary alicyclic amines) is 1. The fourth-order valence-corrected chi connectivity index (χ4v) is 3.63. The molecule has 1 atom stereocenters. The second-order valence-electron chi connectivity index (χ2n) is 7.46. The number of nitrogens with zero attached hydrogens (tertiary/aromatic N) is 3. The summed E-state index contributed by atoms with van der Waals surface area (Å²) >= 11 is 1.25. The molecule has 2 N–H and O–H groups in total. The first kappa shape index (κ1) is 29.1. The lowest BCUT2D eigenvalue weighted by atomic mass is 9.88. The molecule has 0 radical (unpaired) electrons. The average Bonchev–Trinajstić information content (AvgIpc) is 3.39. The highest BCUT2D eigenvalue weighted by Crippen LogP contribution is 2.45. The first-order valence-corrected chi connectivity index (χ1v) is 11.2. The normalized spacial score (nSPS) is 19.9. The molecule has 1 aromatic carbocycles. The number of rotatable bonds is 3. The number of hydrogen-bond acceptors (Lipinski definition) is 8. The predicted octanol–water partition coefficient (Wildman–Crippen LogP) is 4.34. The third-order valence-electron chi connectivity index (χ3n) is 5.11. The number of hydrogen-bond donors (Lipinski definition) is 1. The van der Waals surface area contributed by atoms with Gasteiger partial charge in [-0.25, -0.2) is 30.7 Å². The van der Waals surface area contributed by atoms with E-state index in [4.69, 9.17) is 19.6 Å². The Morgan fingerprint density at radius 3 is 2.28 bits per heavy atom. The van der Waals surface area contributed by atoms with Crippen LogP contribution >= 0.6 is 11.9 Å². The van der Waals surface area contributed by atoms with Gasteiger partial charge in [0.25, 0.3) is 12.3 Å². The molecule has 196 valence electrons. The molecular formula is C21H19F7N4O3S. The molecule has 7 nitrogen and oxygen atoms in total. The van der Waals surface area contributed by atoms with E-state index in [9.17, 15) is 30.7 Å². The van der Waals surface area contributed by atoms with Crippen molar-refractivity contribution in [3.8, 4) is 11.1 Å². The van der Waals surface area contributed by atoms with Gasteiger partial charge in [-0.05, 0) is 24.5 Å². The molecule has 1 saturated heterocycles. The van der Waals surface area contributed by atoms with E-state index in [1.165, 1.54) is 11.9 Å². The van der Waals surface area contributed by atoms with Crippen LogP contribution in [0.3, 0.4) is 0 Å². The zero-order valence-electron chi connectivity index (χ0n) is 18.5. The zero-order valence-corrected chi connectivity index (χ0v) is 19.3. The Labute approximate surface area is 204 Å². The van der Waals surface area contributed by atoms with E-state index in [0.717, 1.165) is 23.1 Å². The minimum atomic E-state index is -3.31. The standard InChI is InChI=1S/C19H14F7N3O.CH5NS.CO2/c20-10-6-11(15-12(21)2-1-3-13(15)22)16(27-8-10)19(17(23)24)7-14(28-30-19)29-5-4-18(25,26)9-29;1-3-2;2-1-3/h1-3,6,8,17H,4-5,7,9H2;2H2,1H3;. The summed E-state index contributed by atoms with van der Waals surface area (Å²) < 4.78 is 98.0. The molecule has 4 rings (SSSR count). The minimum absolute atomic E-state index is 0.125. The van der Waals surface area contributed by atoms with Gasteiger partial charge in [0.2, 0.25) is 5.60 Å². The topological polar surface area (TPSA) is 97.9 Å². The van der Waals surface area contributed by atoms with E-state index in [1.807, 2.05) is 6.26 Å². The van der Waals surface area contributed by atoms with Crippen molar-refractivity contribution < 1.29 is 45.2 Å². The van der Waals surface area contributed by atoms with Crippen LogP contribution in [0.25, 0.3) is 11.1 Å². The molecule has 2 aliphatic heterocycles. The van der Waals surface area contributed by atoms with Crippen LogP contribution in [0.4, 0.5) is 30.7 Å². The van der Waals surface area contributed by atoms with Crippen LogP contribution in [0.15, 0.2) is 35.6 Å². The highest BCUT2D eigenvalue weighted by atomic mass is 32.2. The Morgan fingerprint density at radius 1 is 1.19 bits per heavy atom. The number of pyridine rings is 1. The van der Waals surface area contributed by atoms with Crippen molar-refractivity contribution in [2.45, 2.75) is 30.8 Å². The van der Waals surface area contributed by atoms with Gasteiger partial charge in [0.15, 0.2) is 0 Å². The van der Waals surface area contributed by atoms with Crippen molar-refractivity contribution >= 4 is 23.9 Å². The van der Waals surface area contributed by atoms with Gasteiger partial charge >= 0.3 is 6.15 Å². The summed E-state index contributed by atoms with van der Waals surface area (Å²) in [6.45, 7) is -0.847. The Bertz CT molecular complexity index is 1110. The van der Waals surface area contributed by atoms with Crippen LogP contribution < -0.4 is 5.14 Å². The molecule has 2 aromatic rings. The van der Waals surface area contributed by atoms with Gasteiger partial charge in [-0.3, -0.25) is 10.1 Å². The average molecular weight is 540 g/mol. The predicted molar refractivity (Wildman–Crippen MR) is 114 cm³/mol. The van der Waals surface area contributed by atoms with Crippen molar-refractivity contribution in [2.75, 3.05) is 19.3 Å². The van der Waals surface area contributed by atoms with E-state index in [-0.39, 0.29) is 18.5 Å². The van der Waals surface area contributed by atoms with Gasteiger partial charge in [0, 0.05) is 18.5 Å². The summed E-state index contributed by atoms with van der Waals surface area (Å²) in [4.78, 5) is 26.0. The molecular weight excluding hydrogens is 521 g/mol. The summed E-state index contributed by atoms with van der Waals surface area (Å²) in [6, 6.07) is 3.49. The van der Waals surface area contributed by atoms with E-state index in [2.05, 4.69) is 10.1 Å². The molecule has 0 bridgehead atoms. The Hall–Kier alpha value is -3.16. The molecule has 1 unspecified atom stereocenters. The molecule has 36 heavy (non-hydrogen) atoms. The Kier molecular flexibility index (Phi) is 9.85. The maximum atomic E-state index is 14.3. The van der Waals surface area contributed by atoms with Gasteiger partial charge in [-0.1, -0.05) is 23.2 Å². The molecule has 15 heteroatoms. The second kappa shape index (κ2) is 12.2. The van der Waals surface area contributed by atoms with Crippen LogP contribution in [0, 0.1) is 17.5 Å². The number of aromatic nitrogens is 1. The first-order valence-electron chi connectivity index (χ1n) is 9.94. The third-order valence-corrected chi connectivity index (χ3v) is 5.11. The molecule has 1 fully saturated rings. The van der Waals surface area contributed by atoms with Crippen LogP contribution in [-0.2, 0) is 20.0 Å². The molecule has 1 aromatic heterocycles. The fourth-order valence-electron chi connectivity index (χ4n) is 3.63. The molecule has 0 spiro atoms. The number of carbonyl (C=O) groups excluding carboxylic acids is 2. The lowest BCUT2D eigenvalue weighted by Gasteiger charge is -2.28. The smallest absolute Gasteiger partial charge is 0.373 e. The molecule has 2 aliphatic rings. The molecule has 0 saturated carbocycles.